The average molecular weight is 628 g/mol. The third-order valence-corrected chi connectivity index (χ3v) is 7.11. The number of carbonyl (C=O) groups excluding carboxylic acids is 4. The topological polar surface area (TPSA) is 134 Å². The Morgan fingerprint density at radius 3 is 2.07 bits per heavy atom. The number of nitrogens with one attached hydrogen (secondary N) is 2. The molecule has 3 amide bonds. The molecule has 3 atom stereocenters. The maximum absolute atomic E-state index is 14.3. The number of thiol groups is 1. The molecular formula is C33H45N3O7S. The van der Waals surface area contributed by atoms with Gasteiger partial charge >= 0.3 is 12.1 Å². The van der Waals surface area contributed by atoms with E-state index in [1.807, 2.05) is 30.3 Å². The zero-order chi connectivity index (χ0) is 32.8. The number of phenolic OH excluding ortho intramolecular Hbond substituents is 1. The van der Waals surface area contributed by atoms with Crippen molar-refractivity contribution in [1.29, 1.82) is 0 Å². The normalized spacial score (nSPS) is 15.4. The van der Waals surface area contributed by atoms with Crippen LogP contribution in [0.2, 0.25) is 0 Å². The highest BCUT2D eigenvalue weighted by Crippen LogP contribution is 2.39. The van der Waals surface area contributed by atoms with Crippen molar-refractivity contribution in [3.05, 3.63) is 65.2 Å². The Hall–Kier alpha value is -3.73. The van der Waals surface area contributed by atoms with Gasteiger partial charge in [0.25, 0.3) is 0 Å². The highest BCUT2D eigenvalue weighted by Gasteiger charge is 2.45. The maximum Gasteiger partial charge on any atom is 0.408 e. The van der Waals surface area contributed by atoms with Crippen LogP contribution in [-0.2, 0) is 30.3 Å². The number of ether oxygens (including phenoxy) is 2. The van der Waals surface area contributed by atoms with Gasteiger partial charge in [0.15, 0.2) is 0 Å². The molecule has 3 rings (SSSR count). The van der Waals surface area contributed by atoms with E-state index in [1.54, 1.807) is 66.7 Å². The van der Waals surface area contributed by atoms with E-state index in [1.165, 1.54) is 4.90 Å². The number of esters is 1. The maximum atomic E-state index is 14.3. The molecule has 3 unspecified atom stereocenters. The largest absolute Gasteiger partial charge is 0.507 e. The molecule has 3 N–H and O–H groups in total. The molecule has 0 aromatic heterocycles. The number of hydrogen-bond acceptors (Lipinski definition) is 8. The first-order valence-electron chi connectivity index (χ1n) is 14.8. The minimum atomic E-state index is -1.32. The first-order chi connectivity index (χ1) is 20.5. The van der Waals surface area contributed by atoms with Crippen LogP contribution < -0.4 is 10.6 Å². The van der Waals surface area contributed by atoms with Gasteiger partial charge in [-0.05, 0) is 72.4 Å². The van der Waals surface area contributed by atoms with E-state index in [0.717, 1.165) is 5.56 Å². The number of para-hydroxylation sites is 1. The Labute approximate surface area is 265 Å². The zero-order valence-electron chi connectivity index (χ0n) is 26.5. The Balaban J connectivity index is 2.03. The Morgan fingerprint density at radius 2 is 1.52 bits per heavy atom. The smallest absolute Gasteiger partial charge is 0.408 e. The van der Waals surface area contributed by atoms with Gasteiger partial charge in [0, 0.05) is 23.8 Å². The molecule has 11 heteroatoms. The zero-order valence-corrected chi connectivity index (χ0v) is 27.4. The van der Waals surface area contributed by atoms with Crippen molar-refractivity contribution in [2.24, 2.45) is 0 Å². The van der Waals surface area contributed by atoms with Crippen LogP contribution in [-0.4, -0.2) is 69.0 Å². The molecule has 1 saturated carbocycles. The van der Waals surface area contributed by atoms with Gasteiger partial charge in [0.1, 0.15) is 35.1 Å². The predicted molar refractivity (Wildman–Crippen MR) is 170 cm³/mol. The van der Waals surface area contributed by atoms with Crippen LogP contribution in [0.3, 0.4) is 0 Å². The molecule has 0 heterocycles. The Bertz CT molecular complexity index is 1330. The molecule has 44 heavy (non-hydrogen) atoms. The fraction of sp³-hybridized carbons (Fsp3) is 0.515. The van der Waals surface area contributed by atoms with Crippen molar-refractivity contribution in [3.8, 4) is 5.75 Å². The fourth-order valence-electron chi connectivity index (χ4n) is 4.67. The molecule has 1 fully saturated rings. The van der Waals surface area contributed by atoms with Gasteiger partial charge in [-0.3, -0.25) is 9.59 Å². The van der Waals surface area contributed by atoms with Crippen molar-refractivity contribution in [1.82, 2.24) is 15.5 Å². The molecular weight excluding hydrogens is 582 g/mol. The van der Waals surface area contributed by atoms with Crippen LogP contribution in [0, 0.1) is 6.92 Å². The molecule has 0 radical (unpaired) electrons. The van der Waals surface area contributed by atoms with E-state index in [-0.39, 0.29) is 29.5 Å². The van der Waals surface area contributed by atoms with Gasteiger partial charge in [-0.15, -0.1) is 0 Å². The third kappa shape index (κ3) is 9.90. The van der Waals surface area contributed by atoms with Crippen molar-refractivity contribution in [2.45, 2.75) is 103 Å². The summed E-state index contributed by atoms with van der Waals surface area (Å²) in [7, 11) is 0. The van der Waals surface area contributed by atoms with Gasteiger partial charge in [0.05, 0.1) is 0 Å². The summed E-state index contributed by atoms with van der Waals surface area (Å²) in [4.78, 5) is 55.8. The molecule has 2 aromatic rings. The number of nitrogens with zero attached hydrogens (tertiary/aromatic N) is 1. The molecule has 10 nitrogen and oxygen atoms in total. The standard InChI is InChI=1S/C33H45N3O7S/c1-20-12-11-15-23(27(20)37)26(36(22-16-17-22)29(39)25(19-44)35-31(41)43-33(5,6)7)28(38)34-24(30(40)42-32(2,3)4)18-21-13-9-8-10-14-21/h8-15,22,24-26,37,44H,16-19H2,1-7H3,(H,34,38)(H,35,41). The average Bonchev–Trinajstić information content (AvgIpc) is 3.75. The van der Waals surface area contributed by atoms with Crippen LogP contribution in [0.1, 0.15) is 77.1 Å². The SMILES string of the molecule is Cc1cccc(C(C(=O)NC(Cc2ccccc2)C(=O)OC(C)(C)C)N(C(=O)C(CS)NC(=O)OC(C)(C)C)C2CC2)c1O. The fourth-order valence-corrected chi connectivity index (χ4v) is 4.92. The predicted octanol–water partition coefficient (Wildman–Crippen LogP) is 4.63. The van der Waals surface area contributed by atoms with Gasteiger partial charge in [-0.2, -0.15) is 12.6 Å². The van der Waals surface area contributed by atoms with E-state index in [2.05, 4.69) is 23.3 Å². The van der Waals surface area contributed by atoms with E-state index in [4.69, 9.17) is 9.47 Å². The molecule has 0 spiro atoms. The molecule has 1 aliphatic rings. The second-order valence-electron chi connectivity index (χ2n) is 13.1. The third-order valence-electron chi connectivity index (χ3n) is 6.75. The number of aryl methyl sites for hydroxylation is 1. The van der Waals surface area contributed by atoms with Gasteiger partial charge in [-0.25, -0.2) is 9.59 Å². The van der Waals surface area contributed by atoms with Crippen molar-refractivity contribution < 1.29 is 33.8 Å². The lowest BCUT2D eigenvalue weighted by molar-refractivity contribution is -0.159. The van der Waals surface area contributed by atoms with Crippen molar-refractivity contribution in [3.63, 3.8) is 0 Å². The van der Waals surface area contributed by atoms with Crippen LogP contribution in [0.4, 0.5) is 4.79 Å². The number of carbonyl (C=O) groups is 4. The van der Waals surface area contributed by atoms with Gasteiger partial charge < -0.3 is 30.1 Å². The summed E-state index contributed by atoms with van der Waals surface area (Å²) in [5.74, 6) is -2.08. The number of rotatable bonds is 11. The summed E-state index contributed by atoms with van der Waals surface area (Å²) in [6.45, 7) is 12.0. The van der Waals surface area contributed by atoms with Crippen LogP contribution >= 0.6 is 12.6 Å². The monoisotopic (exact) mass is 627 g/mol. The highest BCUT2D eigenvalue weighted by molar-refractivity contribution is 7.80. The molecule has 0 bridgehead atoms. The molecule has 2 aromatic carbocycles. The second kappa shape index (κ2) is 14.4. The Morgan fingerprint density at radius 1 is 0.909 bits per heavy atom. The minimum Gasteiger partial charge on any atom is -0.507 e. The van der Waals surface area contributed by atoms with Crippen LogP contribution in [0.25, 0.3) is 0 Å². The van der Waals surface area contributed by atoms with E-state index >= 15 is 0 Å². The summed E-state index contributed by atoms with van der Waals surface area (Å²) in [5.41, 5.74) is -0.107. The summed E-state index contributed by atoms with van der Waals surface area (Å²) in [6, 6.07) is 10.3. The molecule has 0 aliphatic heterocycles. The van der Waals surface area contributed by atoms with E-state index in [9.17, 15) is 24.3 Å². The van der Waals surface area contributed by atoms with Crippen molar-refractivity contribution in [2.75, 3.05) is 5.75 Å². The number of benzene rings is 2. The van der Waals surface area contributed by atoms with Gasteiger partial charge in [-0.1, -0.05) is 48.5 Å². The molecule has 0 saturated heterocycles. The lowest BCUT2D eigenvalue weighted by Crippen LogP contribution is -2.56. The molecule has 240 valence electrons. The summed E-state index contributed by atoms with van der Waals surface area (Å²) in [5, 5.41) is 16.5. The van der Waals surface area contributed by atoms with Crippen LogP contribution in [0.5, 0.6) is 5.75 Å². The summed E-state index contributed by atoms with van der Waals surface area (Å²) < 4.78 is 11.0. The molecule has 1 aliphatic carbocycles. The number of phenols is 1. The van der Waals surface area contributed by atoms with E-state index in [0.29, 0.717) is 18.4 Å². The van der Waals surface area contributed by atoms with Crippen LogP contribution in [0.15, 0.2) is 48.5 Å². The Kier molecular flexibility index (Phi) is 11.3. The quantitative estimate of drug-likeness (QED) is 0.211. The number of hydrogen-bond donors (Lipinski definition) is 4. The highest BCUT2D eigenvalue weighted by atomic mass is 32.1. The first kappa shape index (κ1) is 34.8. The lowest BCUT2D eigenvalue weighted by atomic mass is 9.98. The minimum absolute atomic E-state index is 0.0655. The summed E-state index contributed by atoms with van der Waals surface area (Å²) in [6.07, 6.45) is 0.582. The number of alkyl carbamates (subject to hydrolysis) is 1. The van der Waals surface area contributed by atoms with Gasteiger partial charge in [0.2, 0.25) is 11.8 Å². The van der Waals surface area contributed by atoms with Crippen molar-refractivity contribution >= 4 is 36.5 Å². The number of amides is 3. The summed E-state index contributed by atoms with van der Waals surface area (Å²) >= 11 is 4.32. The lowest BCUT2D eigenvalue weighted by Gasteiger charge is -2.35. The first-order valence-corrected chi connectivity index (χ1v) is 15.4. The number of aromatic hydroxyl groups is 1. The van der Waals surface area contributed by atoms with E-state index < -0.39 is 53.2 Å². The second-order valence-corrected chi connectivity index (χ2v) is 13.4.